The van der Waals surface area contributed by atoms with Crippen LogP contribution in [-0.2, 0) is 6.54 Å². The van der Waals surface area contributed by atoms with E-state index in [0.717, 1.165) is 25.3 Å². The largest absolute Gasteiger partial charge is 0.468 e. The minimum atomic E-state index is -0.573. The second kappa shape index (κ2) is 4.60. The topological polar surface area (TPSA) is 36.6 Å². The summed E-state index contributed by atoms with van der Waals surface area (Å²) in [7, 11) is 0. The van der Waals surface area contributed by atoms with Crippen LogP contribution in [0.1, 0.15) is 38.9 Å². The van der Waals surface area contributed by atoms with Crippen molar-refractivity contribution in [2.24, 2.45) is 0 Å². The molecule has 3 heteroatoms. The molecule has 1 fully saturated rings. The summed E-state index contributed by atoms with van der Waals surface area (Å²) in [6, 6.07) is 4.64. The molecule has 0 atom stereocenters. The molecule has 0 bridgehead atoms. The van der Waals surface area contributed by atoms with Gasteiger partial charge in [0.1, 0.15) is 5.76 Å². The van der Waals surface area contributed by atoms with Crippen molar-refractivity contribution in [1.82, 2.24) is 4.90 Å². The Kier molecular flexibility index (Phi) is 3.36. The van der Waals surface area contributed by atoms with Gasteiger partial charge in [-0.3, -0.25) is 4.90 Å². The lowest BCUT2D eigenvalue weighted by Gasteiger charge is -2.25. The van der Waals surface area contributed by atoms with E-state index in [9.17, 15) is 5.11 Å². The molecule has 1 aliphatic carbocycles. The van der Waals surface area contributed by atoms with Gasteiger partial charge in [-0.25, -0.2) is 0 Å². The zero-order chi connectivity index (χ0) is 11.6. The molecule has 0 unspecified atom stereocenters. The average molecular weight is 223 g/mol. The van der Waals surface area contributed by atoms with Crippen LogP contribution in [0.4, 0.5) is 0 Å². The van der Waals surface area contributed by atoms with Crippen molar-refractivity contribution < 1.29 is 9.52 Å². The van der Waals surface area contributed by atoms with Crippen molar-refractivity contribution in [2.45, 2.75) is 51.3 Å². The molecule has 0 amide bonds. The van der Waals surface area contributed by atoms with E-state index in [1.165, 1.54) is 12.8 Å². The number of aliphatic hydroxyl groups is 1. The third kappa shape index (κ3) is 3.65. The Morgan fingerprint density at radius 3 is 2.75 bits per heavy atom. The predicted molar refractivity (Wildman–Crippen MR) is 63.1 cm³/mol. The summed E-state index contributed by atoms with van der Waals surface area (Å²) < 4.78 is 5.37. The van der Waals surface area contributed by atoms with Gasteiger partial charge in [0.15, 0.2) is 0 Å². The first kappa shape index (κ1) is 11.7. The molecule has 1 aliphatic rings. The lowest BCUT2D eigenvalue weighted by atomic mass is 10.1. The molecule has 0 saturated heterocycles. The quantitative estimate of drug-likeness (QED) is 0.804. The Labute approximate surface area is 97.1 Å². The van der Waals surface area contributed by atoms with E-state index in [1.807, 2.05) is 26.0 Å². The van der Waals surface area contributed by atoms with E-state index in [-0.39, 0.29) is 0 Å². The molecule has 1 heterocycles. The van der Waals surface area contributed by atoms with Crippen LogP contribution < -0.4 is 0 Å². The highest BCUT2D eigenvalue weighted by atomic mass is 16.3. The number of rotatable bonds is 6. The van der Waals surface area contributed by atoms with Gasteiger partial charge < -0.3 is 9.52 Å². The van der Waals surface area contributed by atoms with E-state index < -0.39 is 5.60 Å². The van der Waals surface area contributed by atoms with Crippen molar-refractivity contribution in [2.75, 3.05) is 6.54 Å². The van der Waals surface area contributed by atoms with E-state index in [1.54, 1.807) is 6.26 Å². The smallest absolute Gasteiger partial charge is 0.117 e. The first-order valence-corrected chi connectivity index (χ1v) is 6.03. The van der Waals surface area contributed by atoms with Crippen molar-refractivity contribution in [3.05, 3.63) is 24.2 Å². The molecule has 1 saturated carbocycles. The van der Waals surface area contributed by atoms with Gasteiger partial charge in [0, 0.05) is 12.6 Å². The van der Waals surface area contributed by atoms with Gasteiger partial charge in [0.05, 0.1) is 18.4 Å². The van der Waals surface area contributed by atoms with Crippen LogP contribution in [0.5, 0.6) is 0 Å². The Morgan fingerprint density at radius 2 is 2.25 bits per heavy atom. The molecule has 16 heavy (non-hydrogen) atoms. The van der Waals surface area contributed by atoms with Crippen LogP contribution in [0.3, 0.4) is 0 Å². The lowest BCUT2D eigenvalue weighted by molar-refractivity contribution is 0.0543. The summed E-state index contributed by atoms with van der Waals surface area (Å²) in [5, 5.41) is 9.74. The van der Waals surface area contributed by atoms with Gasteiger partial charge in [-0.15, -0.1) is 0 Å². The summed E-state index contributed by atoms with van der Waals surface area (Å²) >= 11 is 0. The summed E-state index contributed by atoms with van der Waals surface area (Å²) in [4.78, 5) is 2.41. The number of furan rings is 1. The van der Waals surface area contributed by atoms with Crippen molar-refractivity contribution in [3.63, 3.8) is 0 Å². The summed E-state index contributed by atoms with van der Waals surface area (Å²) in [6.07, 6.45) is 5.10. The van der Waals surface area contributed by atoms with Gasteiger partial charge in [-0.05, 0) is 45.2 Å². The predicted octanol–water partition coefficient (Wildman–Crippen LogP) is 2.41. The third-order valence-corrected chi connectivity index (χ3v) is 3.01. The van der Waals surface area contributed by atoms with E-state index >= 15 is 0 Å². The number of hydrogen-bond acceptors (Lipinski definition) is 3. The minimum Gasteiger partial charge on any atom is -0.468 e. The highest BCUT2D eigenvalue weighted by molar-refractivity contribution is 4.99. The Hall–Kier alpha value is -0.800. The zero-order valence-corrected chi connectivity index (χ0v) is 10.1. The third-order valence-electron chi connectivity index (χ3n) is 3.01. The maximum atomic E-state index is 9.74. The second-order valence-electron chi connectivity index (χ2n) is 5.34. The fraction of sp³-hybridized carbons (Fsp3) is 0.692. The summed E-state index contributed by atoms with van der Waals surface area (Å²) in [5.74, 6) is 1.02. The Bertz CT molecular complexity index is 309. The van der Waals surface area contributed by atoms with Gasteiger partial charge in [-0.2, -0.15) is 0 Å². The lowest BCUT2D eigenvalue weighted by Crippen LogP contribution is -2.32. The molecule has 0 aromatic carbocycles. The molecule has 1 aromatic rings. The van der Waals surface area contributed by atoms with Crippen LogP contribution >= 0.6 is 0 Å². The molecule has 3 nitrogen and oxygen atoms in total. The van der Waals surface area contributed by atoms with Gasteiger partial charge in [0.25, 0.3) is 0 Å². The monoisotopic (exact) mass is 223 g/mol. The Balaban J connectivity index is 1.85. The second-order valence-corrected chi connectivity index (χ2v) is 5.34. The number of hydrogen-bond donors (Lipinski definition) is 1. The molecule has 1 N–H and O–H groups in total. The minimum absolute atomic E-state index is 0.573. The first-order chi connectivity index (χ1) is 7.54. The fourth-order valence-electron chi connectivity index (χ4n) is 1.85. The van der Waals surface area contributed by atoms with E-state index in [4.69, 9.17) is 4.42 Å². The first-order valence-electron chi connectivity index (χ1n) is 6.03. The van der Waals surface area contributed by atoms with Gasteiger partial charge >= 0.3 is 0 Å². The molecule has 2 rings (SSSR count). The normalized spacial score (nSPS) is 17.0. The van der Waals surface area contributed by atoms with Crippen molar-refractivity contribution >= 4 is 0 Å². The molecular weight excluding hydrogens is 202 g/mol. The zero-order valence-electron chi connectivity index (χ0n) is 10.1. The van der Waals surface area contributed by atoms with Crippen LogP contribution in [0.2, 0.25) is 0 Å². The van der Waals surface area contributed by atoms with Crippen LogP contribution in [-0.4, -0.2) is 28.2 Å². The van der Waals surface area contributed by atoms with Gasteiger partial charge in [-0.1, -0.05) is 0 Å². The van der Waals surface area contributed by atoms with Crippen molar-refractivity contribution in [3.8, 4) is 0 Å². The summed E-state index contributed by atoms with van der Waals surface area (Å²) in [5.41, 5.74) is -0.573. The van der Waals surface area contributed by atoms with Gasteiger partial charge in [0.2, 0.25) is 0 Å². The standard InChI is InChI=1S/C13H21NO2/c1-13(2,15)7-8-14(11-5-6-11)10-12-4-3-9-16-12/h3-4,9,11,15H,5-8,10H2,1-2H3. The molecule has 0 aliphatic heterocycles. The van der Waals surface area contributed by atoms with Crippen LogP contribution in [0.25, 0.3) is 0 Å². The molecule has 0 radical (unpaired) electrons. The Morgan fingerprint density at radius 1 is 1.50 bits per heavy atom. The SMILES string of the molecule is CC(C)(O)CCN(Cc1ccco1)C1CC1. The molecule has 0 spiro atoms. The summed E-state index contributed by atoms with van der Waals surface area (Å²) in [6.45, 7) is 5.54. The highest BCUT2D eigenvalue weighted by Crippen LogP contribution is 2.29. The van der Waals surface area contributed by atoms with Crippen molar-refractivity contribution in [1.29, 1.82) is 0 Å². The average Bonchev–Trinajstić information content (AvgIpc) is 2.90. The maximum Gasteiger partial charge on any atom is 0.117 e. The fourth-order valence-corrected chi connectivity index (χ4v) is 1.85. The molecule has 90 valence electrons. The van der Waals surface area contributed by atoms with E-state index in [0.29, 0.717) is 6.04 Å². The number of nitrogens with zero attached hydrogens (tertiary/aromatic N) is 1. The van der Waals surface area contributed by atoms with Crippen LogP contribution in [0, 0.1) is 0 Å². The molecule has 1 aromatic heterocycles. The molecular formula is C13H21NO2. The van der Waals surface area contributed by atoms with E-state index in [2.05, 4.69) is 4.90 Å². The highest BCUT2D eigenvalue weighted by Gasteiger charge is 2.30. The maximum absolute atomic E-state index is 9.74. The van der Waals surface area contributed by atoms with Crippen LogP contribution in [0.15, 0.2) is 22.8 Å².